The molecule has 17 heavy (non-hydrogen) atoms. The highest BCUT2D eigenvalue weighted by atomic mass is 16.5. The van der Waals surface area contributed by atoms with Gasteiger partial charge < -0.3 is 4.74 Å². The van der Waals surface area contributed by atoms with Crippen molar-refractivity contribution in [2.75, 3.05) is 13.7 Å². The zero-order valence-corrected chi connectivity index (χ0v) is 10.8. The van der Waals surface area contributed by atoms with Crippen LogP contribution in [-0.2, 0) is 14.3 Å². The average Bonchev–Trinajstić information content (AvgIpc) is 2.42. The van der Waals surface area contributed by atoms with Crippen LogP contribution in [0.1, 0.15) is 39.0 Å². The fourth-order valence-electron chi connectivity index (χ4n) is 3.61. The van der Waals surface area contributed by atoms with E-state index in [2.05, 4.69) is 0 Å². The van der Waals surface area contributed by atoms with Gasteiger partial charge in [0, 0.05) is 25.6 Å². The minimum atomic E-state index is -0.0213. The number of fused-ring (bicyclic) bond motifs is 1. The van der Waals surface area contributed by atoms with E-state index in [-0.39, 0.29) is 35.7 Å². The van der Waals surface area contributed by atoms with Crippen LogP contribution in [0.15, 0.2) is 0 Å². The fraction of sp³-hybridized carbons (Fsp3) is 0.857. The molecule has 2 unspecified atom stereocenters. The molecule has 3 heteroatoms. The van der Waals surface area contributed by atoms with Crippen LogP contribution in [0.25, 0.3) is 0 Å². The molecule has 4 atom stereocenters. The number of methoxy groups -OCH3 is 1. The Morgan fingerprint density at radius 1 is 1.18 bits per heavy atom. The van der Waals surface area contributed by atoms with Gasteiger partial charge in [-0.1, -0.05) is 19.8 Å². The van der Waals surface area contributed by atoms with Gasteiger partial charge in [0.2, 0.25) is 0 Å². The fourth-order valence-corrected chi connectivity index (χ4v) is 3.61. The predicted octanol–water partition coefficient (Wildman–Crippen LogP) is 2.23. The summed E-state index contributed by atoms with van der Waals surface area (Å²) in [6, 6.07) is 0. The van der Waals surface area contributed by atoms with Crippen molar-refractivity contribution in [3.63, 3.8) is 0 Å². The van der Waals surface area contributed by atoms with E-state index in [0.29, 0.717) is 12.5 Å². The van der Waals surface area contributed by atoms with Crippen LogP contribution < -0.4 is 0 Å². The molecule has 0 aromatic rings. The van der Waals surface area contributed by atoms with E-state index in [0.717, 1.165) is 19.3 Å². The number of carbonyl (C=O) groups excluding carboxylic acids is 2. The summed E-state index contributed by atoms with van der Waals surface area (Å²) in [5.74, 6) is 1.02. The largest absolute Gasteiger partial charge is 0.384 e. The zero-order chi connectivity index (χ0) is 12.4. The molecular formula is C14H22O3. The van der Waals surface area contributed by atoms with Crippen LogP contribution >= 0.6 is 0 Å². The van der Waals surface area contributed by atoms with Crippen molar-refractivity contribution in [3.05, 3.63) is 0 Å². The van der Waals surface area contributed by atoms with Gasteiger partial charge in [0.25, 0.3) is 0 Å². The number of carbonyl (C=O) groups is 2. The maximum Gasteiger partial charge on any atom is 0.143 e. The van der Waals surface area contributed by atoms with E-state index in [4.69, 9.17) is 4.74 Å². The van der Waals surface area contributed by atoms with Gasteiger partial charge in [0.1, 0.15) is 11.6 Å². The highest BCUT2D eigenvalue weighted by Gasteiger charge is 2.43. The third kappa shape index (κ3) is 2.44. The number of ether oxygens (including phenoxy) is 1. The molecule has 0 bridgehead atoms. The van der Waals surface area contributed by atoms with Crippen LogP contribution in [0.4, 0.5) is 0 Å². The van der Waals surface area contributed by atoms with Gasteiger partial charge in [-0.15, -0.1) is 0 Å². The van der Waals surface area contributed by atoms with E-state index in [1.165, 1.54) is 6.42 Å². The Morgan fingerprint density at radius 3 is 2.59 bits per heavy atom. The Hall–Kier alpha value is -0.700. The second-order valence-electron chi connectivity index (χ2n) is 5.57. The summed E-state index contributed by atoms with van der Waals surface area (Å²) < 4.78 is 5.28. The van der Waals surface area contributed by atoms with Crippen LogP contribution in [0, 0.1) is 23.7 Å². The molecule has 0 aliphatic heterocycles. The lowest BCUT2D eigenvalue weighted by atomic mass is 9.69. The Bertz CT molecular complexity index is 309. The zero-order valence-electron chi connectivity index (χ0n) is 10.8. The second-order valence-corrected chi connectivity index (χ2v) is 5.57. The van der Waals surface area contributed by atoms with Crippen molar-refractivity contribution in [2.45, 2.75) is 39.0 Å². The highest BCUT2D eigenvalue weighted by Crippen LogP contribution is 2.42. The molecule has 0 N–H and O–H groups in total. The molecule has 2 fully saturated rings. The molecule has 0 aromatic carbocycles. The Morgan fingerprint density at radius 2 is 1.88 bits per heavy atom. The first-order valence-corrected chi connectivity index (χ1v) is 6.69. The molecule has 0 radical (unpaired) electrons. The minimum absolute atomic E-state index is 0.0213. The maximum atomic E-state index is 12.1. The topological polar surface area (TPSA) is 43.4 Å². The average molecular weight is 238 g/mol. The number of hydrogen-bond acceptors (Lipinski definition) is 3. The smallest absolute Gasteiger partial charge is 0.143 e. The molecule has 96 valence electrons. The predicted molar refractivity (Wildman–Crippen MR) is 64.6 cm³/mol. The molecule has 0 spiro atoms. The summed E-state index contributed by atoms with van der Waals surface area (Å²) in [4.78, 5) is 24.1. The van der Waals surface area contributed by atoms with Gasteiger partial charge in [-0.05, 0) is 24.7 Å². The number of hydrogen-bond donors (Lipinski definition) is 0. The maximum absolute atomic E-state index is 12.1. The van der Waals surface area contributed by atoms with E-state index in [9.17, 15) is 9.59 Å². The van der Waals surface area contributed by atoms with Crippen molar-refractivity contribution in [2.24, 2.45) is 23.7 Å². The molecule has 0 heterocycles. The monoisotopic (exact) mass is 238 g/mol. The van der Waals surface area contributed by atoms with Crippen molar-refractivity contribution < 1.29 is 14.3 Å². The van der Waals surface area contributed by atoms with E-state index >= 15 is 0 Å². The second kappa shape index (κ2) is 5.30. The first-order chi connectivity index (χ1) is 8.15. The van der Waals surface area contributed by atoms with E-state index in [1.807, 2.05) is 6.92 Å². The standard InChI is InChI=1S/C14H22O3/c1-9-12(8-17-2)10-5-3-4-6-11(10)14(16)7-13(9)15/h9-12H,3-8H2,1-2H3/t9?,10-,11?,12+/m0/s1. The van der Waals surface area contributed by atoms with Gasteiger partial charge in [-0.3, -0.25) is 9.59 Å². The van der Waals surface area contributed by atoms with Crippen molar-refractivity contribution in [3.8, 4) is 0 Å². The molecule has 0 aromatic heterocycles. The summed E-state index contributed by atoms with van der Waals surface area (Å²) in [6.45, 7) is 2.58. The quantitative estimate of drug-likeness (QED) is 0.693. The molecule has 0 amide bonds. The number of rotatable bonds is 2. The Labute approximate surface area is 103 Å². The van der Waals surface area contributed by atoms with Crippen molar-refractivity contribution in [1.82, 2.24) is 0 Å². The first-order valence-electron chi connectivity index (χ1n) is 6.69. The van der Waals surface area contributed by atoms with Gasteiger partial charge in [0.15, 0.2) is 0 Å². The van der Waals surface area contributed by atoms with Gasteiger partial charge in [-0.25, -0.2) is 0 Å². The molecule has 2 aliphatic rings. The van der Waals surface area contributed by atoms with Gasteiger partial charge >= 0.3 is 0 Å². The molecular weight excluding hydrogens is 216 g/mol. The van der Waals surface area contributed by atoms with Crippen LogP contribution in [0.5, 0.6) is 0 Å². The first kappa shape index (κ1) is 12.7. The van der Waals surface area contributed by atoms with Crippen LogP contribution in [0.2, 0.25) is 0 Å². The van der Waals surface area contributed by atoms with Crippen LogP contribution in [-0.4, -0.2) is 25.3 Å². The summed E-state index contributed by atoms with van der Waals surface area (Å²) in [5.41, 5.74) is 0. The lowest BCUT2D eigenvalue weighted by Crippen LogP contribution is -2.34. The van der Waals surface area contributed by atoms with Gasteiger partial charge in [0.05, 0.1) is 6.42 Å². The van der Waals surface area contributed by atoms with Crippen molar-refractivity contribution in [1.29, 1.82) is 0 Å². The van der Waals surface area contributed by atoms with Crippen molar-refractivity contribution >= 4 is 11.6 Å². The third-order valence-electron chi connectivity index (χ3n) is 4.64. The minimum Gasteiger partial charge on any atom is -0.384 e. The highest BCUT2D eigenvalue weighted by molar-refractivity contribution is 6.02. The lowest BCUT2D eigenvalue weighted by Gasteiger charge is -2.35. The molecule has 2 rings (SSSR count). The van der Waals surface area contributed by atoms with Gasteiger partial charge in [-0.2, -0.15) is 0 Å². The summed E-state index contributed by atoms with van der Waals surface area (Å²) in [7, 11) is 1.68. The Balaban J connectivity index is 2.26. The Kier molecular flexibility index (Phi) is 3.97. The number of Topliss-reactive ketones (excluding diaryl/α,β-unsaturated/α-hetero) is 2. The normalized spacial score (nSPS) is 38.7. The molecule has 3 nitrogen and oxygen atoms in total. The lowest BCUT2D eigenvalue weighted by molar-refractivity contribution is -0.130. The molecule has 0 saturated heterocycles. The SMILES string of the molecule is COC[C@@H]1C(C)C(=O)CC(=O)C2CCCC[C@@H]21. The summed E-state index contributed by atoms with van der Waals surface area (Å²) in [5, 5.41) is 0. The molecule has 2 saturated carbocycles. The molecule has 2 aliphatic carbocycles. The van der Waals surface area contributed by atoms with E-state index in [1.54, 1.807) is 7.11 Å². The third-order valence-corrected chi connectivity index (χ3v) is 4.64. The van der Waals surface area contributed by atoms with Crippen LogP contribution in [0.3, 0.4) is 0 Å². The number of ketones is 2. The summed E-state index contributed by atoms with van der Waals surface area (Å²) in [6.07, 6.45) is 4.54. The van der Waals surface area contributed by atoms with E-state index < -0.39 is 0 Å². The summed E-state index contributed by atoms with van der Waals surface area (Å²) >= 11 is 0.